The Kier molecular flexibility index (Phi) is 6.19. The van der Waals surface area contributed by atoms with Crippen LogP contribution in [0.25, 0.3) is 22.6 Å². The van der Waals surface area contributed by atoms with Crippen LogP contribution in [0.2, 0.25) is 0 Å². The summed E-state index contributed by atoms with van der Waals surface area (Å²) in [6.45, 7) is 0. The van der Waals surface area contributed by atoms with E-state index in [-0.39, 0.29) is 31.5 Å². The number of carboxylic acid groups (broad SMARTS) is 2. The Morgan fingerprint density at radius 3 is 2.21 bits per heavy atom. The third kappa shape index (κ3) is 5.16. The zero-order valence-corrected chi connectivity index (χ0v) is 15.5. The molecule has 0 saturated heterocycles. The second kappa shape index (κ2) is 8.97. The van der Waals surface area contributed by atoms with Crippen LogP contribution in [0.4, 0.5) is 0 Å². The monoisotopic (exact) mass is 393 g/mol. The molecule has 0 radical (unpaired) electrons. The van der Waals surface area contributed by atoms with Crippen molar-refractivity contribution in [3.8, 4) is 22.6 Å². The summed E-state index contributed by atoms with van der Waals surface area (Å²) in [5.41, 5.74) is 2.35. The van der Waals surface area contributed by atoms with E-state index in [4.69, 9.17) is 14.6 Å². The van der Waals surface area contributed by atoms with E-state index < -0.39 is 11.9 Å². The first-order valence-corrected chi connectivity index (χ1v) is 9.06. The number of benzene rings is 2. The van der Waals surface area contributed by atoms with Crippen molar-refractivity contribution in [2.24, 2.45) is 0 Å². The predicted octanol–water partition coefficient (Wildman–Crippen LogP) is 4.07. The fourth-order valence-electron chi connectivity index (χ4n) is 2.87. The lowest BCUT2D eigenvalue weighted by Crippen LogP contribution is -2.03. The number of nitrogens with zero attached hydrogens (tertiary/aromatic N) is 1. The molecule has 1 heterocycles. The molecule has 0 amide bonds. The van der Waals surface area contributed by atoms with Gasteiger partial charge in [0.1, 0.15) is 5.69 Å². The Hall–Kier alpha value is -3.74. The number of carbonyl (C=O) groups is 3. The van der Waals surface area contributed by atoms with E-state index in [1.165, 1.54) is 0 Å². The van der Waals surface area contributed by atoms with Gasteiger partial charge in [0.05, 0.1) is 12.8 Å². The average molecular weight is 393 g/mol. The van der Waals surface area contributed by atoms with Crippen molar-refractivity contribution in [2.45, 2.75) is 25.7 Å². The van der Waals surface area contributed by atoms with Crippen LogP contribution in [0.3, 0.4) is 0 Å². The molecule has 0 spiro atoms. The maximum absolute atomic E-state index is 12.3. The number of Topliss-reactive ketones (excluding diaryl/α,β-unsaturated/α-hetero) is 1. The summed E-state index contributed by atoms with van der Waals surface area (Å²) in [7, 11) is 0. The third-order valence-electron chi connectivity index (χ3n) is 4.28. The van der Waals surface area contributed by atoms with Crippen LogP contribution in [0.5, 0.6) is 0 Å². The lowest BCUT2D eigenvalue weighted by Gasteiger charge is -2.04. The Morgan fingerprint density at radius 1 is 0.828 bits per heavy atom. The van der Waals surface area contributed by atoms with Crippen molar-refractivity contribution >= 4 is 17.7 Å². The molecular formula is C22H19NO6. The third-order valence-corrected chi connectivity index (χ3v) is 4.28. The number of carboxylic acids is 2. The molecule has 0 aliphatic carbocycles. The Bertz CT molecular complexity index is 1040. The van der Waals surface area contributed by atoms with Crippen molar-refractivity contribution in [1.82, 2.24) is 4.98 Å². The highest BCUT2D eigenvalue weighted by atomic mass is 16.4. The van der Waals surface area contributed by atoms with Crippen molar-refractivity contribution in [3.63, 3.8) is 0 Å². The minimum atomic E-state index is -1.03. The summed E-state index contributed by atoms with van der Waals surface area (Å²) < 4.78 is 5.86. The molecule has 0 aliphatic rings. The normalized spacial score (nSPS) is 10.6. The summed E-state index contributed by atoms with van der Waals surface area (Å²) in [5.74, 6) is -1.52. The fourth-order valence-corrected chi connectivity index (χ4v) is 2.87. The maximum atomic E-state index is 12.3. The largest absolute Gasteiger partial charge is 0.481 e. The first-order valence-electron chi connectivity index (χ1n) is 9.06. The van der Waals surface area contributed by atoms with Gasteiger partial charge in [-0.25, -0.2) is 4.98 Å². The fraction of sp³-hybridized carbons (Fsp3) is 0.182. The second-order valence-corrected chi connectivity index (χ2v) is 6.44. The molecule has 0 atom stereocenters. The van der Waals surface area contributed by atoms with Gasteiger partial charge >= 0.3 is 11.9 Å². The zero-order chi connectivity index (χ0) is 20.8. The molecule has 1 aromatic heterocycles. The Morgan fingerprint density at radius 2 is 1.52 bits per heavy atom. The van der Waals surface area contributed by atoms with Crippen LogP contribution in [-0.4, -0.2) is 32.9 Å². The van der Waals surface area contributed by atoms with Gasteiger partial charge in [-0.15, -0.1) is 0 Å². The smallest absolute Gasteiger partial charge is 0.303 e. The van der Waals surface area contributed by atoms with Crippen molar-refractivity contribution in [1.29, 1.82) is 0 Å². The SMILES string of the molecule is O=C(O)CCC(=O)c1cccc(-c2oc(CCC(=O)O)nc2-c2ccccc2)c1. The van der Waals surface area contributed by atoms with Gasteiger partial charge in [-0.2, -0.15) is 0 Å². The highest BCUT2D eigenvalue weighted by Gasteiger charge is 2.19. The molecule has 0 fully saturated rings. The number of hydrogen-bond acceptors (Lipinski definition) is 5. The Balaban J connectivity index is 1.98. The topological polar surface area (TPSA) is 118 Å². The number of aromatic nitrogens is 1. The van der Waals surface area contributed by atoms with E-state index in [0.717, 1.165) is 5.56 Å². The van der Waals surface area contributed by atoms with E-state index in [1.54, 1.807) is 24.3 Å². The van der Waals surface area contributed by atoms with Crippen LogP contribution in [0, 0.1) is 0 Å². The zero-order valence-electron chi connectivity index (χ0n) is 15.5. The molecule has 0 saturated carbocycles. The molecule has 7 nitrogen and oxygen atoms in total. The number of hydrogen-bond donors (Lipinski definition) is 2. The quantitative estimate of drug-likeness (QED) is 0.526. The standard InChI is InChI=1S/C22H19NO6/c24-17(9-11-19(25)26)15-7-4-8-16(13-15)22-21(14-5-2-1-3-6-14)23-18(29-22)10-12-20(27)28/h1-8,13H,9-12H2,(H,25,26)(H,27,28). The van der Waals surface area contributed by atoms with Crippen molar-refractivity contribution in [3.05, 3.63) is 66.1 Å². The summed E-state index contributed by atoms with van der Waals surface area (Å²) in [6, 6.07) is 16.0. The van der Waals surface area contributed by atoms with E-state index in [2.05, 4.69) is 4.98 Å². The molecule has 0 bridgehead atoms. The van der Waals surface area contributed by atoms with Gasteiger partial charge in [0.15, 0.2) is 17.4 Å². The van der Waals surface area contributed by atoms with Crippen LogP contribution in [0.15, 0.2) is 59.0 Å². The number of rotatable bonds is 9. The summed E-state index contributed by atoms with van der Waals surface area (Å²) >= 11 is 0. The van der Waals surface area contributed by atoms with Crippen LogP contribution in [0.1, 0.15) is 35.5 Å². The summed E-state index contributed by atoms with van der Waals surface area (Å²) in [6.07, 6.45) is -0.293. The van der Waals surface area contributed by atoms with Gasteiger partial charge in [-0.1, -0.05) is 48.5 Å². The van der Waals surface area contributed by atoms with Gasteiger partial charge < -0.3 is 14.6 Å². The Labute approximate surface area is 166 Å². The van der Waals surface area contributed by atoms with Gasteiger partial charge in [0.2, 0.25) is 0 Å². The predicted molar refractivity (Wildman–Crippen MR) is 105 cm³/mol. The summed E-state index contributed by atoms with van der Waals surface area (Å²) in [5, 5.41) is 17.7. The van der Waals surface area contributed by atoms with E-state index >= 15 is 0 Å². The lowest BCUT2D eigenvalue weighted by atomic mass is 10.0. The molecular weight excluding hydrogens is 374 g/mol. The molecule has 2 N–H and O–H groups in total. The number of ketones is 1. The molecule has 0 aliphatic heterocycles. The van der Waals surface area contributed by atoms with Gasteiger partial charge in [-0.3, -0.25) is 14.4 Å². The maximum Gasteiger partial charge on any atom is 0.303 e. The van der Waals surface area contributed by atoms with Gasteiger partial charge in [0, 0.05) is 29.5 Å². The molecule has 29 heavy (non-hydrogen) atoms. The van der Waals surface area contributed by atoms with Crippen molar-refractivity contribution in [2.75, 3.05) is 0 Å². The van der Waals surface area contributed by atoms with Crippen molar-refractivity contribution < 1.29 is 29.0 Å². The molecule has 7 heteroatoms. The number of aliphatic carboxylic acids is 2. The first kappa shape index (κ1) is 20.0. The second-order valence-electron chi connectivity index (χ2n) is 6.44. The van der Waals surface area contributed by atoms with Gasteiger partial charge in [0.25, 0.3) is 0 Å². The van der Waals surface area contributed by atoms with E-state index in [9.17, 15) is 14.4 Å². The van der Waals surface area contributed by atoms with E-state index in [1.807, 2.05) is 30.3 Å². The summed E-state index contributed by atoms with van der Waals surface area (Å²) in [4.78, 5) is 38.4. The average Bonchev–Trinajstić information content (AvgIpc) is 3.15. The highest BCUT2D eigenvalue weighted by molar-refractivity contribution is 5.98. The lowest BCUT2D eigenvalue weighted by molar-refractivity contribution is -0.138. The minimum Gasteiger partial charge on any atom is -0.481 e. The molecule has 3 rings (SSSR count). The van der Waals surface area contributed by atoms with E-state index in [0.29, 0.717) is 28.5 Å². The number of carbonyl (C=O) groups excluding carboxylic acids is 1. The number of oxazole rings is 1. The van der Waals surface area contributed by atoms with Crippen LogP contribution in [-0.2, 0) is 16.0 Å². The first-order chi connectivity index (χ1) is 13.9. The minimum absolute atomic E-state index is 0.0927. The molecule has 3 aromatic rings. The van der Waals surface area contributed by atoms with Crippen LogP contribution < -0.4 is 0 Å². The highest BCUT2D eigenvalue weighted by Crippen LogP contribution is 2.33. The molecule has 2 aromatic carbocycles. The number of aryl methyl sites for hydroxylation is 1. The molecule has 0 unspecified atom stereocenters. The molecule has 148 valence electrons. The van der Waals surface area contributed by atoms with Gasteiger partial charge in [-0.05, 0) is 6.07 Å². The van der Waals surface area contributed by atoms with Crippen LogP contribution >= 0.6 is 0 Å².